The number of piperidine rings is 1. The van der Waals surface area contributed by atoms with Crippen LogP contribution in [0.15, 0.2) is 48.7 Å². The third-order valence-corrected chi connectivity index (χ3v) is 6.46. The molecule has 0 unspecified atom stereocenters. The first-order chi connectivity index (χ1) is 15.2. The number of benzene rings is 1. The van der Waals surface area contributed by atoms with Crippen molar-refractivity contribution in [3.63, 3.8) is 0 Å². The van der Waals surface area contributed by atoms with Crippen LogP contribution >= 0.6 is 0 Å². The van der Waals surface area contributed by atoms with Crippen molar-refractivity contribution in [3.05, 3.63) is 59.9 Å². The van der Waals surface area contributed by atoms with Gasteiger partial charge < -0.3 is 14.4 Å². The number of hydrogen-bond donors (Lipinski definition) is 0. The maximum Gasteiger partial charge on any atom is 0.312 e. The second-order valence-corrected chi connectivity index (χ2v) is 8.46. The number of carbonyl (C=O) groups is 2. The summed E-state index contributed by atoms with van der Waals surface area (Å²) in [6, 6.07) is 13.7. The number of amides is 1. The Morgan fingerprint density at radius 1 is 0.968 bits per heavy atom. The Kier molecular flexibility index (Phi) is 6.85. The number of carbonyl (C=O) groups excluding carboxylic acids is 2. The van der Waals surface area contributed by atoms with Gasteiger partial charge in [0.05, 0.1) is 11.8 Å². The Bertz CT molecular complexity index is 891. The highest BCUT2D eigenvalue weighted by atomic mass is 16.6. The van der Waals surface area contributed by atoms with Crippen molar-refractivity contribution < 1.29 is 19.1 Å². The third kappa shape index (κ3) is 5.24. The minimum Gasteiger partial charge on any atom is -0.490 e. The number of likely N-dealkylation sites (tertiary alicyclic amines) is 1. The number of nitrogens with zero attached hydrogens (tertiary/aromatic N) is 2. The first-order valence-corrected chi connectivity index (χ1v) is 11.2. The summed E-state index contributed by atoms with van der Waals surface area (Å²) in [6.45, 7) is 1.77. The zero-order chi connectivity index (χ0) is 21.5. The lowest BCUT2D eigenvalue weighted by Crippen LogP contribution is -2.47. The van der Waals surface area contributed by atoms with Crippen molar-refractivity contribution in [2.24, 2.45) is 5.41 Å². The van der Waals surface area contributed by atoms with Crippen molar-refractivity contribution in [2.75, 3.05) is 26.3 Å². The topological polar surface area (TPSA) is 68.7 Å². The minimum atomic E-state index is -0.500. The van der Waals surface area contributed by atoms with Crippen LogP contribution in [0.25, 0.3) is 0 Å². The van der Waals surface area contributed by atoms with E-state index in [0.29, 0.717) is 39.0 Å². The van der Waals surface area contributed by atoms with Crippen molar-refractivity contribution in [1.29, 1.82) is 0 Å². The van der Waals surface area contributed by atoms with Crippen LogP contribution in [0.2, 0.25) is 0 Å². The maximum absolute atomic E-state index is 13.0. The molecule has 1 fully saturated rings. The molecule has 0 atom stereocenters. The second kappa shape index (κ2) is 9.94. The van der Waals surface area contributed by atoms with E-state index in [1.807, 2.05) is 41.3 Å². The highest BCUT2D eigenvalue weighted by Crippen LogP contribution is 2.39. The fourth-order valence-electron chi connectivity index (χ4n) is 4.58. The molecular weight excluding hydrogens is 392 g/mol. The maximum atomic E-state index is 13.0. The van der Waals surface area contributed by atoms with Crippen LogP contribution in [0.4, 0.5) is 0 Å². The van der Waals surface area contributed by atoms with Gasteiger partial charge in [-0.2, -0.15) is 0 Å². The summed E-state index contributed by atoms with van der Waals surface area (Å²) in [5.41, 5.74) is 1.48. The molecule has 6 heteroatoms. The molecule has 0 saturated carbocycles. The number of hydrogen-bond acceptors (Lipinski definition) is 5. The Morgan fingerprint density at radius 3 is 2.55 bits per heavy atom. The molecule has 6 nitrogen and oxygen atoms in total. The molecule has 31 heavy (non-hydrogen) atoms. The van der Waals surface area contributed by atoms with Crippen LogP contribution in [-0.2, 0) is 27.2 Å². The fraction of sp³-hybridized carbons (Fsp3) is 0.480. The number of rotatable bonds is 2. The van der Waals surface area contributed by atoms with Crippen LogP contribution in [-0.4, -0.2) is 48.1 Å². The Morgan fingerprint density at radius 2 is 1.74 bits per heavy atom. The van der Waals surface area contributed by atoms with E-state index < -0.39 is 5.41 Å². The molecule has 4 rings (SSSR count). The number of aryl methyl sites for hydroxylation is 1. The van der Waals surface area contributed by atoms with Crippen molar-refractivity contribution in [1.82, 2.24) is 9.88 Å². The number of aromatic nitrogens is 1. The van der Waals surface area contributed by atoms with Gasteiger partial charge in [0, 0.05) is 25.0 Å². The summed E-state index contributed by atoms with van der Waals surface area (Å²) in [6.07, 6.45) is 7.00. The van der Waals surface area contributed by atoms with Gasteiger partial charge in [0.1, 0.15) is 19.0 Å². The standard InChI is InChI=1S/C25H30N2O4/c28-23(19-21-9-4-6-14-26-21)27-15-12-25(13-16-27)11-5-3-8-20-7-1-2-10-22(20)30-17-18-31-24(25)29/h1-2,4,6-7,9-10,14H,3,5,8,11-13,15-19H2. The minimum absolute atomic E-state index is 0.0695. The Labute approximate surface area is 183 Å². The van der Waals surface area contributed by atoms with Crippen LogP contribution in [0.3, 0.4) is 0 Å². The summed E-state index contributed by atoms with van der Waals surface area (Å²) >= 11 is 0. The number of cyclic esters (lactones) is 1. The lowest BCUT2D eigenvalue weighted by Gasteiger charge is -2.40. The number of esters is 1. The highest BCUT2D eigenvalue weighted by Gasteiger charge is 2.43. The molecule has 2 aliphatic heterocycles. The van der Waals surface area contributed by atoms with Gasteiger partial charge >= 0.3 is 5.97 Å². The first-order valence-electron chi connectivity index (χ1n) is 11.2. The van der Waals surface area contributed by atoms with Crippen molar-refractivity contribution in [2.45, 2.75) is 44.9 Å². The zero-order valence-electron chi connectivity index (χ0n) is 17.9. The van der Waals surface area contributed by atoms with Crippen LogP contribution < -0.4 is 4.74 Å². The summed E-state index contributed by atoms with van der Waals surface area (Å²) in [7, 11) is 0. The van der Waals surface area contributed by atoms with E-state index in [-0.39, 0.29) is 18.5 Å². The van der Waals surface area contributed by atoms with E-state index >= 15 is 0 Å². The van der Waals surface area contributed by atoms with Gasteiger partial charge in [0.25, 0.3) is 0 Å². The molecule has 0 aliphatic carbocycles. The second-order valence-electron chi connectivity index (χ2n) is 8.46. The van der Waals surface area contributed by atoms with E-state index in [4.69, 9.17) is 9.47 Å². The van der Waals surface area contributed by atoms with Crippen molar-refractivity contribution >= 4 is 11.9 Å². The van der Waals surface area contributed by atoms with Crippen molar-refractivity contribution in [3.8, 4) is 5.75 Å². The molecule has 0 bridgehead atoms. The van der Waals surface area contributed by atoms with E-state index in [1.54, 1.807) is 6.20 Å². The molecule has 3 heterocycles. The van der Waals surface area contributed by atoms with E-state index in [0.717, 1.165) is 37.1 Å². The number of pyridine rings is 1. The molecule has 0 N–H and O–H groups in total. The average Bonchev–Trinajstić information content (AvgIpc) is 2.80. The first kappa shape index (κ1) is 21.3. The molecule has 1 spiro atoms. The van der Waals surface area contributed by atoms with Crippen LogP contribution in [0.1, 0.15) is 43.4 Å². The van der Waals surface area contributed by atoms with Gasteiger partial charge in [-0.15, -0.1) is 0 Å². The van der Waals surface area contributed by atoms with E-state index in [1.165, 1.54) is 5.56 Å². The molecule has 2 aromatic rings. The lowest BCUT2D eigenvalue weighted by molar-refractivity contribution is -0.162. The molecule has 1 aromatic carbocycles. The number of ether oxygens (including phenoxy) is 2. The molecule has 2 aliphatic rings. The molecular formula is C25H30N2O4. The predicted octanol–water partition coefficient (Wildman–Crippen LogP) is 3.58. The largest absolute Gasteiger partial charge is 0.490 e. The van der Waals surface area contributed by atoms with Gasteiger partial charge in [0.2, 0.25) is 5.91 Å². The highest BCUT2D eigenvalue weighted by molar-refractivity contribution is 5.80. The average molecular weight is 423 g/mol. The quantitative estimate of drug-likeness (QED) is 0.692. The molecule has 1 amide bonds. The van der Waals surface area contributed by atoms with Crippen LogP contribution in [0.5, 0.6) is 5.75 Å². The monoisotopic (exact) mass is 422 g/mol. The predicted molar refractivity (Wildman–Crippen MR) is 117 cm³/mol. The summed E-state index contributed by atoms with van der Waals surface area (Å²) in [4.78, 5) is 31.8. The third-order valence-electron chi connectivity index (χ3n) is 6.46. The van der Waals surface area contributed by atoms with Gasteiger partial charge in [0.15, 0.2) is 0 Å². The number of fused-ring (bicyclic) bond motifs is 1. The normalized spacial score (nSPS) is 19.4. The van der Waals surface area contributed by atoms with E-state index in [2.05, 4.69) is 11.1 Å². The Balaban J connectivity index is 1.37. The van der Waals surface area contributed by atoms with Gasteiger partial charge in [-0.05, 0) is 55.9 Å². The zero-order valence-corrected chi connectivity index (χ0v) is 17.9. The number of para-hydroxylation sites is 1. The molecule has 1 saturated heterocycles. The summed E-state index contributed by atoms with van der Waals surface area (Å²) in [5, 5.41) is 0. The molecule has 0 radical (unpaired) electrons. The molecule has 1 aromatic heterocycles. The van der Waals surface area contributed by atoms with E-state index in [9.17, 15) is 9.59 Å². The lowest BCUT2D eigenvalue weighted by atomic mass is 9.74. The SMILES string of the molecule is O=C(Cc1ccccn1)N1CCC2(CCCCc3ccccc3OCCOC2=O)CC1. The molecule has 164 valence electrons. The van der Waals surface area contributed by atoms with Crippen LogP contribution in [0, 0.1) is 5.41 Å². The smallest absolute Gasteiger partial charge is 0.312 e. The Hall–Kier alpha value is -2.89. The van der Waals surface area contributed by atoms with Gasteiger partial charge in [-0.1, -0.05) is 30.7 Å². The fourth-order valence-corrected chi connectivity index (χ4v) is 4.58. The summed E-state index contributed by atoms with van der Waals surface area (Å²) in [5.74, 6) is 0.815. The van der Waals surface area contributed by atoms with Gasteiger partial charge in [-0.25, -0.2) is 0 Å². The summed E-state index contributed by atoms with van der Waals surface area (Å²) < 4.78 is 11.5. The van der Waals surface area contributed by atoms with Gasteiger partial charge in [-0.3, -0.25) is 14.6 Å².